The maximum atomic E-state index is 12.6. The van der Waals surface area contributed by atoms with Gasteiger partial charge in [0.15, 0.2) is 5.78 Å². The van der Waals surface area contributed by atoms with Gasteiger partial charge in [0.05, 0.1) is 0 Å². The van der Waals surface area contributed by atoms with Crippen molar-refractivity contribution in [3.8, 4) is 5.75 Å². The van der Waals surface area contributed by atoms with E-state index in [0.29, 0.717) is 23.6 Å². The molecule has 0 bridgehead atoms. The zero-order valence-electron chi connectivity index (χ0n) is 15.0. The molecule has 1 heterocycles. The Balaban J connectivity index is 1.90. The van der Waals surface area contributed by atoms with Crippen LogP contribution >= 0.6 is 11.3 Å². The van der Waals surface area contributed by atoms with Gasteiger partial charge in [0.25, 0.3) is 0 Å². The van der Waals surface area contributed by atoms with Gasteiger partial charge in [0, 0.05) is 18.5 Å². The first kappa shape index (κ1) is 19.6. The molecule has 1 atom stereocenters. The maximum absolute atomic E-state index is 12.6. The van der Waals surface area contributed by atoms with Crippen LogP contribution in [0.25, 0.3) is 0 Å². The fourth-order valence-electron chi connectivity index (χ4n) is 2.51. The smallest absolute Gasteiger partial charge is 0.176 e. The molecule has 136 valence electrons. The highest BCUT2D eigenvalue weighted by molar-refractivity contribution is 7.12. The van der Waals surface area contributed by atoms with E-state index in [-0.39, 0.29) is 12.4 Å². The Labute approximate surface area is 153 Å². The van der Waals surface area contributed by atoms with Crippen molar-refractivity contribution in [2.45, 2.75) is 39.2 Å². The van der Waals surface area contributed by atoms with Crippen molar-refractivity contribution in [3.63, 3.8) is 0 Å². The zero-order chi connectivity index (χ0) is 18.1. The van der Waals surface area contributed by atoms with Crippen LogP contribution in [0.1, 0.15) is 40.6 Å². The summed E-state index contributed by atoms with van der Waals surface area (Å²) in [5.74, 6) is 0.716. The summed E-state index contributed by atoms with van der Waals surface area (Å²) in [5, 5.41) is 15.1. The second-order valence-electron chi connectivity index (χ2n) is 6.15. The van der Waals surface area contributed by atoms with Crippen molar-refractivity contribution >= 4 is 17.1 Å². The number of ether oxygens (including phenoxy) is 1. The lowest BCUT2D eigenvalue weighted by atomic mass is 10.1. The monoisotopic (exact) mass is 361 g/mol. The van der Waals surface area contributed by atoms with E-state index in [1.54, 1.807) is 0 Å². The van der Waals surface area contributed by atoms with Gasteiger partial charge in [-0.05, 0) is 37.3 Å². The van der Waals surface area contributed by atoms with E-state index in [0.717, 1.165) is 30.5 Å². The Kier molecular flexibility index (Phi) is 8.12. The van der Waals surface area contributed by atoms with Crippen molar-refractivity contribution in [2.75, 3.05) is 19.7 Å². The fourth-order valence-corrected chi connectivity index (χ4v) is 3.47. The Bertz CT molecular complexity index is 654. The number of carbonyl (C=O) groups excluding carboxylic acids is 1. The van der Waals surface area contributed by atoms with Crippen LogP contribution in [-0.2, 0) is 6.42 Å². The first-order valence-corrected chi connectivity index (χ1v) is 9.66. The van der Waals surface area contributed by atoms with Gasteiger partial charge in [-0.1, -0.05) is 37.3 Å². The molecule has 1 unspecified atom stereocenters. The van der Waals surface area contributed by atoms with Gasteiger partial charge in [-0.25, -0.2) is 0 Å². The predicted octanol–water partition coefficient (Wildman–Crippen LogP) is 3.61. The fraction of sp³-hybridized carbons (Fsp3) is 0.450. The molecule has 0 saturated heterocycles. The SMILES string of the molecule is CCCNCC(O)COc1c(C)csc1C(=O)CCc1ccccc1. The number of aliphatic hydroxyl groups excluding tert-OH is 1. The molecule has 1 aromatic carbocycles. The van der Waals surface area contributed by atoms with Crippen molar-refractivity contribution in [3.05, 3.63) is 51.7 Å². The standard InChI is InChI=1S/C20H27NO3S/c1-3-11-21-12-17(22)13-24-19-15(2)14-25-20(19)18(23)10-9-16-7-5-4-6-8-16/h4-8,14,17,21-22H,3,9-13H2,1-2H3. The lowest BCUT2D eigenvalue weighted by Gasteiger charge is -2.14. The minimum absolute atomic E-state index is 0.0931. The maximum Gasteiger partial charge on any atom is 0.176 e. The second kappa shape index (κ2) is 10.3. The molecule has 0 amide bonds. The first-order valence-electron chi connectivity index (χ1n) is 8.78. The van der Waals surface area contributed by atoms with Gasteiger partial charge in [0.2, 0.25) is 0 Å². The molecular formula is C20H27NO3S. The van der Waals surface area contributed by atoms with Crippen LogP contribution < -0.4 is 10.1 Å². The highest BCUT2D eigenvalue weighted by Crippen LogP contribution is 2.31. The third-order valence-electron chi connectivity index (χ3n) is 3.88. The predicted molar refractivity (Wildman–Crippen MR) is 103 cm³/mol. The van der Waals surface area contributed by atoms with Crippen LogP contribution in [0.4, 0.5) is 0 Å². The van der Waals surface area contributed by atoms with Crippen LogP contribution in [0.2, 0.25) is 0 Å². The summed E-state index contributed by atoms with van der Waals surface area (Å²) >= 11 is 1.42. The van der Waals surface area contributed by atoms with Gasteiger partial charge >= 0.3 is 0 Å². The Morgan fingerprint density at radius 1 is 1.32 bits per heavy atom. The van der Waals surface area contributed by atoms with Crippen LogP contribution in [0, 0.1) is 6.92 Å². The largest absolute Gasteiger partial charge is 0.489 e. The third kappa shape index (κ3) is 6.27. The third-order valence-corrected chi connectivity index (χ3v) is 5.00. The second-order valence-corrected chi connectivity index (χ2v) is 7.03. The molecule has 2 aromatic rings. The molecule has 0 aliphatic rings. The summed E-state index contributed by atoms with van der Waals surface area (Å²) in [5.41, 5.74) is 2.10. The van der Waals surface area contributed by atoms with Gasteiger partial charge in [-0.15, -0.1) is 11.3 Å². The van der Waals surface area contributed by atoms with E-state index in [2.05, 4.69) is 12.2 Å². The summed E-state index contributed by atoms with van der Waals surface area (Å²) in [6.07, 6.45) is 1.62. The lowest BCUT2D eigenvalue weighted by Crippen LogP contribution is -2.32. The number of hydrogen-bond acceptors (Lipinski definition) is 5. The number of carbonyl (C=O) groups is 1. The summed E-state index contributed by atoms with van der Waals surface area (Å²) in [6.45, 7) is 5.57. The molecule has 2 N–H and O–H groups in total. The molecule has 0 spiro atoms. The van der Waals surface area contributed by atoms with Crippen molar-refractivity contribution in [1.29, 1.82) is 0 Å². The van der Waals surface area contributed by atoms with E-state index in [1.807, 2.05) is 42.6 Å². The number of rotatable bonds is 11. The van der Waals surface area contributed by atoms with Crippen LogP contribution in [0.15, 0.2) is 35.7 Å². The molecule has 0 aliphatic carbocycles. The number of Topliss-reactive ketones (excluding diaryl/α,β-unsaturated/α-hetero) is 1. The molecule has 0 fully saturated rings. The molecule has 0 saturated carbocycles. The quantitative estimate of drug-likeness (QED) is 0.474. The van der Waals surface area contributed by atoms with E-state index in [1.165, 1.54) is 11.3 Å². The van der Waals surface area contributed by atoms with Crippen LogP contribution in [0.3, 0.4) is 0 Å². The molecule has 2 rings (SSSR count). The molecule has 0 aliphatic heterocycles. The number of nitrogens with one attached hydrogen (secondary N) is 1. The Morgan fingerprint density at radius 2 is 2.08 bits per heavy atom. The average Bonchev–Trinajstić information content (AvgIpc) is 3.00. The molecular weight excluding hydrogens is 334 g/mol. The Hall–Kier alpha value is -1.69. The molecule has 1 aromatic heterocycles. The van der Waals surface area contributed by atoms with E-state index in [4.69, 9.17) is 4.74 Å². The summed E-state index contributed by atoms with van der Waals surface area (Å²) in [7, 11) is 0. The lowest BCUT2D eigenvalue weighted by molar-refractivity contribution is 0.0955. The molecule has 25 heavy (non-hydrogen) atoms. The summed E-state index contributed by atoms with van der Waals surface area (Å²) < 4.78 is 5.77. The zero-order valence-corrected chi connectivity index (χ0v) is 15.8. The van der Waals surface area contributed by atoms with Crippen molar-refractivity contribution < 1.29 is 14.6 Å². The van der Waals surface area contributed by atoms with Gasteiger partial charge < -0.3 is 15.2 Å². The number of ketones is 1. The number of aryl methyl sites for hydroxylation is 2. The van der Waals surface area contributed by atoms with Gasteiger partial charge in [-0.2, -0.15) is 0 Å². The minimum Gasteiger partial charge on any atom is -0.489 e. The molecule has 4 nitrogen and oxygen atoms in total. The number of thiophene rings is 1. The summed E-state index contributed by atoms with van der Waals surface area (Å²) in [6, 6.07) is 10.0. The topological polar surface area (TPSA) is 58.6 Å². The highest BCUT2D eigenvalue weighted by atomic mass is 32.1. The number of aliphatic hydroxyl groups is 1. The molecule has 0 radical (unpaired) electrons. The average molecular weight is 362 g/mol. The van der Waals surface area contributed by atoms with Gasteiger partial charge in [-0.3, -0.25) is 4.79 Å². The Morgan fingerprint density at radius 3 is 2.80 bits per heavy atom. The minimum atomic E-state index is -0.585. The highest BCUT2D eigenvalue weighted by Gasteiger charge is 2.18. The van der Waals surface area contributed by atoms with E-state index in [9.17, 15) is 9.90 Å². The normalized spacial score (nSPS) is 12.1. The van der Waals surface area contributed by atoms with E-state index >= 15 is 0 Å². The van der Waals surface area contributed by atoms with Crippen molar-refractivity contribution in [1.82, 2.24) is 5.32 Å². The first-order chi connectivity index (χ1) is 12.1. The molecule has 5 heteroatoms. The summed E-state index contributed by atoms with van der Waals surface area (Å²) in [4.78, 5) is 13.2. The van der Waals surface area contributed by atoms with Crippen molar-refractivity contribution in [2.24, 2.45) is 0 Å². The number of hydrogen-bond donors (Lipinski definition) is 2. The number of benzene rings is 1. The van der Waals surface area contributed by atoms with E-state index < -0.39 is 6.10 Å². The van der Waals surface area contributed by atoms with Crippen LogP contribution in [-0.4, -0.2) is 36.7 Å². The van der Waals surface area contributed by atoms with Crippen LogP contribution in [0.5, 0.6) is 5.75 Å². The van der Waals surface area contributed by atoms with Gasteiger partial charge in [0.1, 0.15) is 23.3 Å².